The standard InChI is InChI=1S/C17H20O/c1-17(18,12-13-6-4-7-13)16-11-5-9-14-8-2-3-10-15(14)16/h2-3,5,8-11,13,18H,4,6-7,12H2,1H3. The Hall–Kier alpha value is -1.34. The molecule has 0 radical (unpaired) electrons. The largest absolute Gasteiger partial charge is 0.385 e. The minimum absolute atomic E-state index is 0.702. The van der Waals surface area contributed by atoms with Gasteiger partial charge < -0.3 is 5.11 Å². The van der Waals surface area contributed by atoms with Crippen molar-refractivity contribution < 1.29 is 5.11 Å². The molecule has 1 heteroatoms. The Kier molecular flexibility index (Phi) is 2.87. The lowest BCUT2D eigenvalue weighted by atomic mass is 9.75. The van der Waals surface area contributed by atoms with Crippen LogP contribution in [0, 0.1) is 5.92 Å². The fourth-order valence-corrected chi connectivity index (χ4v) is 3.06. The molecule has 0 aromatic heterocycles. The van der Waals surface area contributed by atoms with Gasteiger partial charge in [0.1, 0.15) is 0 Å². The predicted molar refractivity (Wildman–Crippen MR) is 75.5 cm³/mol. The third-order valence-corrected chi connectivity index (χ3v) is 4.28. The third kappa shape index (κ3) is 2.04. The quantitative estimate of drug-likeness (QED) is 0.851. The number of hydrogen-bond donors (Lipinski definition) is 1. The smallest absolute Gasteiger partial charge is 0.0877 e. The van der Waals surface area contributed by atoms with E-state index in [0.29, 0.717) is 5.92 Å². The molecular formula is C17H20O. The summed E-state index contributed by atoms with van der Waals surface area (Å²) in [6.45, 7) is 1.97. The van der Waals surface area contributed by atoms with E-state index in [1.54, 1.807) is 0 Å². The highest BCUT2D eigenvalue weighted by Crippen LogP contribution is 2.39. The Bertz CT molecular complexity index is 547. The Morgan fingerprint density at radius 1 is 1.11 bits per heavy atom. The first kappa shape index (κ1) is 11.7. The molecule has 1 fully saturated rings. The molecule has 0 saturated heterocycles. The summed E-state index contributed by atoms with van der Waals surface area (Å²) in [6.07, 6.45) is 4.78. The Morgan fingerprint density at radius 2 is 1.83 bits per heavy atom. The molecule has 1 aliphatic rings. The summed E-state index contributed by atoms with van der Waals surface area (Å²) >= 11 is 0. The molecule has 3 rings (SSSR count). The summed E-state index contributed by atoms with van der Waals surface area (Å²) < 4.78 is 0. The van der Waals surface area contributed by atoms with Gasteiger partial charge in [0.2, 0.25) is 0 Å². The fourth-order valence-electron chi connectivity index (χ4n) is 3.06. The lowest BCUT2D eigenvalue weighted by Gasteiger charge is -2.34. The molecule has 94 valence electrons. The van der Waals surface area contributed by atoms with Crippen molar-refractivity contribution in [1.29, 1.82) is 0 Å². The van der Waals surface area contributed by atoms with Gasteiger partial charge in [-0.2, -0.15) is 0 Å². The summed E-state index contributed by atoms with van der Waals surface area (Å²) in [5.74, 6) is 0.707. The number of hydrogen-bond acceptors (Lipinski definition) is 1. The van der Waals surface area contributed by atoms with Gasteiger partial charge >= 0.3 is 0 Å². The van der Waals surface area contributed by atoms with Crippen molar-refractivity contribution in [3.05, 3.63) is 48.0 Å². The van der Waals surface area contributed by atoms with Crippen molar-refractivity contribution >= 4 is 10.8 Å². The summed E-state index contributed by atoms with van der Waals surface area (Å²) in [5, 5.41) is 13.2. The van der Waals surface area contributed by atoms with Crippen LogP contribution >= 0.6 is 0 Å². The average Bonchev–Trinajstić information content (AvgIpc) is 2.33. The predicted octanol–water partition coefficient (Wildman–Crippen LogP) is 4.24. The molecule has 1 N–H and O–H groups in total. The summed E-state index contributed by atoms with van der Waals surface area (Å²) in [7, 11) is 0. The summed E-state index contributed by atoms with van der Waals surface area (Å²) in [5.41, 5.74) is 0.374. The fraction of sp³-hybridized carbons (Fsp3) is 0.412. The molecule has 18 heavy (non-hydrogen) atoms. The van der Waals surface area contributed by atoms with Crippen molar-refractivity contribution in [3.8, 4) is 0 Å². The zero-order chi connectivity index (χ0) is 12.6. The Morgan fingerprint density at radius 3 is 2.56 bits per heavy atom. The molecule has 0 bridgehead atoms. The van der Waals surface area contributed by atoms with E-state index in [-0.39, 0.29) is 0 Å². The van der Waals surface area contributed by atoms with Crippen LogP contribution < -0.4 is 0 Å². The van der Waals surface area contributed by atoms with Crippen LogP contribution in [0.2, 0.25) is 0 Å². The monoisotopic (exact) mass is 240 g/mol. The highest BCUT2D eigenvalue weighted by Gasteiger charge is 2.31. The molecule has 1 atom stereocenters. The van der Waals surface area contributed by atoms with E-state index in [0.717, 1.165) is 12.0 Å². The van der Waals surface area contributed by atoms with Crippen molar-refractivity contribution in [2.75, 3.05) is 0 Å². The van der Waals surface area contributed by atoms with E-state index in [1.807, 2.05) is 25.1 Å². The SMILES string of the molecule is CC(O)(CC1CCC1)c1cccc2ccccc12. The van der Waals surface area contributed by atoms with Crippen LogP contribution in [0.1, 0.15) is 38.2 Å². The summed E-state index contributed by atoms with van der Waals surface area (Å²) in [4.78, 5) is 0. The topological polar surface area (TPSA) is 20.2 Å². The van der Waals surface area contributed by atoms with Crippen molar-refractivity contribution in [3.63, 3.8) is 0 Å². The Labute approximate surface area is 108 Å². The van der Waals surface area contributed by atoms with Crippen LogP contribution in [-0.2, 0) is 5.60 Å². The average molecular weight is 240 g/mol. The molecular weight excluding hydrogens is 220 g/mol. The van der Waals surface area contributed by atoms with Crippen LogP contribution in [0.15, 0.2) is 42.5 Å². The normalized spacial score (nSPS) is 19.4. The maximum absolute atomic E-state index is 10.8. The maximum atomic E-state index is 10.8. The molecule has 2 aromatic rings. The number of aliphatic hydroxyl groups is 1. The second kappa shape index (κ2) is 4.40. The molecule has 1 unspecified atom stereocenters. The first-order valence-electron chi connectivity index (χ1n) is 6.87. The van der Waals surface area contributed by atoms with E-state index in [1.165, 1.54) is 30.0 Å². The lowest BCUT2D eigenvalue weighted by molar-refractivity contribution is 0.0175. The van der Waals surface area contributed by atoms with Crippen LogP contribution in [0.4, 0.5) is 0 Å². The highest BCUT2D eigenvalue weighted by atomic mass is 16.3. The van der Waals surface area contributed by atoms with Gasteiger partial charge in [-0.25, -0.2) is 0 Å². The van der Waals surface area contributed by atoms with E-state index in [9.17, 15) is 5.11 Å². The first-order valence-corrected chi connectivity index (χ1v) is 6.87. The van der Waals surface area contributed by atoms with Gasteiger partial charge in [-0.3, -0.25) is 0 Å². The number of fused-ring (bicyclic) bond motifs is 1. The van der Waals surface area contributed by atoms with Gasteiger partial charge in [0, 0.05) is 0 Å². The molecule has 1 nitrogen and oxygen atoms in total. The van der Waals surface area contributed by atoms with Crippen molar-refractivity contribution in [2.45, 2.75) is 38.2 Å². The second-order valence-corrected chi connectivity index (χ2v) is 5.80. The Balaban J connectivity index is 2.01. The van der Waals surface area contributed by atoms with Crippen LogP contribution in [0.5, 0.6) is 0 Å². The van der Waals surface area contributed by atoms with Gasteiger partial charge in [-0.15, -0.1) is 0 Å². The second-order valence-electron chi connectivity index (χ2n) is 5.80. The lowest BCUT2D eigenvalue weighted by Crippen LogP contribution is -2.28. The minimum Gasteiger partial charge on any atom is -0.385 e. The van der Waals surface area contributed by atoms with Gasteiger partial charge in [0.05, 0.1) is 5.60 Å². The van der Waals surface area contributed by atoms with Crippen LogP contribution in [-0.4, -0.2) is 5.11 Å². The third-order valence-electron chi connectivity index (χ3n) is 4.28. The highest BCUT2D eigenvalue weighted by molar-refractivity contribution is 5.86. The van der Waals surface area contributed by atoms with Gasteiger partial charge in [0.25, 0.3) is 0 Å². The van der Waals surface area contributed by atoms with Gasteiger partial charge in [0.15, 0.2) is 0 Å². The molecule has 0 heterocycles. The molecule has 0 amide bonds. The minimum atomic E-state index is -0.702. The molecule has 2 aromatic carbocycles. The van der Waals surface area contributed by atoms with Crippen molar-refractivity contribution in [1.82, 2.24) is 0 Å². The van der Waals surface area contributed by atoms with E-state index in [2.05, 4.69) is 24.3 Å². The van der Waals surface area contributed by atoms with E-state index < -0.39 is 5.60 Å². The molecule has 1 saturated carbocycles. The zero-order valence-corrected chi connectivity index (χ0v) is 10.9. The summed E-state index contributed by atoms with van der Waals surface area (Å²) in [6, 6.07) is 14.5. The van der Waals surface area contributed by atoms with Gasteiger partial charge in [-0.1, -0.05) is 61.7 Å². The number of benzene rings is 2. The van der Waals surface area contributed by atoms with E-state index in [4.69, 9.17) is 0 Å². The number of rotatable bonds is 3. The maximum Gasteiger partial charge on any atom is 0.0877 e. The first-order chi connectivity index (χ1) is 8.67. The van der Waals surface area contributed by atoms with Crippen LogP contribution in [0.3, 0.4) is 0 Å². The zero-order valence-electron chi connectivity index (χ0n) is 10.9. The van der Waals surface area contributed by atoms with E-state index >= 15 is 0 Å². The van der Waals surface area contributed by atoms with Crippen molar-refractivity contribution in [2.24, 2.45) is 5.92 Å². The van der Waals surface area contributed by atoms with Gasteiger partial charge in [-0.05, 0) is 35.6 Å². The van der Waals surface area contributed by atoms with Crippen LogP contribution in [0.25, 0.3) is 10.8 Å². The molecule has 0 aliphatic heterocycles. The molecule has 0 spiro atoms. The molecule has 1 aliphatic carbocycles.